The van der Waals surface area contributed by atoms with Crippen LogP contribution in [0.3, 0.4) is 0 Å². The number of nitro groups is 1. The van der Waals surface area contributed by atoms with Gasteiger partial charge in [-0.1, -0.05) is 12.1 Å². The second kappa shape index (κ2) is 7.19. The average molecular weight is 281 g/mol. The number of non-ortho nitro benzene ring substituents is 1. The fraction of sp³-hybridized carbons (Fsp3) is 0.333. The lowest BCUT2D eigenvalue weighted by atomic mass is 10.2. The van der Waals surface area contributed by atoms with Gasteiger partial charge in [0.25, 0.3) is 5.69 Å². The minimum absolute atomic E-state index is 0.0661. The van der Waals surface area contributed by atoms with Gasteiger partial charge in [0.05, 0.1) is 11.5 Å². The Morgan fingerprint density at radius 1 is 1.45 bits per heavy atom. The van der Waals surface area contributed by atoms with Crippen molar-refractivity contribution < 1.29 is 19.6 Å². The Morgan fingerprint density at radius 2 is 2.15 bits per heavy atom. The summed E-state index contributed by atoms with van der Waals surface area (Å²) in [5.74, 6) is -0.997. The van der Waals surface area contributed by atoms with Crippen molar-refractivity contribution in [3.8, 4) is 0 Å². The van der Waals surface area contributed by atoms with Crippen molar-refractivity contribution in [2.75, 3.05) is 6.61 Å². The molecule has 108 valence electrons. The average Bonchev–Trinajstić information content (AvgIpc) is 2.42. The zero-order valence-corrected chi connectivity index (χ0v) is 10.8. The molecule has 0 aliphatic heterocycles. The van der Waals surface area contributed by atoms with Crippen molar-refractivity contribution in [1.82, 2.24) is 10.6 Å². The quantitative estimate of drug-likeness (QED) is 0.488. The Labute approximate surface area is 114 Å². The van der Waals surface area contributed by atoms with Crippen LogP contribution in [0.5, 0.6) is 0 Å². The molecular formula is C12H15N3O5. The predicted octanol–water partition coefficient (Wildman–Crippen LogP) is -0.292. The number of benzene rings is 1. The molecule has 3 N–H and O–H groups in total. The first kappa shape index (κ1) is 15.6. The molecule has 0 radical (unpaired) electrons. The molecule has 1 aromatic rings. The number of carbonyl (C=O) groups excluding carboxylic acids is 2. The van der Waals surface area contributed by atoms with Gasteiger partial charge in [0.2, 0.25) is 11.8 Å². The van der Waals surface area contributed by atoms with Gasteiger partial charge in [-0.2, -0.15) is 0 Å². The van der Waals surface area contributed by atoms with E-state index in [1.165, 1.54) is 25.1 Å². The van der Waals surface area contributed by atoms with Gasteiger partial charge in [0.15, 0.2) is 0 Å². The summed E-state index contributed by atoms with van der Waals surface area (Å²) in [4.78, 5) is 32.6. The summed E-state index contributed by atoms with van der Waals surface area (Å²) in [6.07, 6.45) is 0. The Morgan fingerprint density at radius 3 is 2.70 bits per heavy atom. The van der Waals surface area contributed by atoms with Crippen molar-refractivity contribution >= 4 is 17.5 Å². The lowest BCUT2D eigenvalue weighted by molar-refractivity contribution is -0.384. The molecular weight excluding hydrogens is 266 g/mol. The van der Waals surface area contributed by atoms with Gasteiger partial charge in [-0.05, 0) is 5.56 Å². The van der Waals surface area contributed by atoms with Crippen molar-refractivity contribution in [1.29, 1.82) is 0 Å². The number of aliphatic hydroxyl groups is 1. The molecule has 0 aliphatic rings. The monoisotopic (exact) mass is 281 g/mol. The minimum atomic E-state index is -1.04. The lowest BCUT2D eigenvalue weighted by Crippen LogP contribution is -2.48. The summed E-state index contributed by atoms with van der Waals surface area (Å²) in [6.45, 7) is 0.771. The molecule has 0 aromatic heterocycles. The van der Waals surface area contributed by atoms with E-state index in [2.05, 4.69) is 10.6 Å². The normalized spacial score (nSPS) is 11.5. The lowest BCUT2D eigenvalue weighted by Gasteiger charge is -2.14. The molecule has 20 heavy (non-hydrogen) atoms. The highest BCUT2D eigenvalue weighted by molar-refractivity contribution is 5.86. The van der Waals surface area contributed by atoms with Gasteiger partial charge >= 0.3 is 0 Å². The van der Waals surface area contributed by atoms with E-state index in [1.807, 2.05) is 0 Å². The first-order valence-electron chi connectivity index (χ1n) is 5.83. The van der Waals surface area contributed by atoms with E-state index in [9.17, 15) is 19.7 Å². The molecule has 0 saturated carbocycles. The number of nitrogens with one attached hydrogen (secondary N) is 2. The van der Waals surface area contributed by atoms with Gasteiger partial charge in [0.1, 0.15) is 6.04 Å². The van der Waals surface area contributed by atoms with Crippen LogP contribution in [-0.4, -0.2) is 34.5 Å². The van der Waals surface area contributed by atoms with E-state index in [4.69, 9.17) is 5.11 Å². The molecule has 0 fully saturated rings. The topological polar surface area (TPSA) is 122 Å². The van der Waals surface area contributed by atoms with Crippen molar-refractivity contribution in [2.45, 2.75) is 19.5 Å². The molecule has 8 nitrogen and oxygen atoms in total. The zero-order chi connectivity index (χ0) is 15.1. The van der Waals surface area contributed by atoms with Crippen LogP contribution in [-0.2, 0) is 16.1 Å². The maximum Gasteiger partial charge on any atom is 0.269 e. The van der Waals surface area contributed by atoms with Crippen LogP contribution >= 0.6 is 0 Å². The molecule has 1 atom stereocenters. The van der Waals surface area contributed by atoms with E-state index in [1.54, 1.807) is 6.07 Å². The molecule has 0 saturated heterocycles. The second-order valence-corrected chi connectivity index (χ2v) is 4.08. The van der Waals surface area contributed by atoms with Crippen LogP contribution < -0.4 is 10.6 Å². The van der Waals surface area contributed by atoms with Gasteiger partial charge in [-0.15, -0.1) is 0 Å². The predicted molar refractivity (Wildman–Crippen MR) is 69.6 cm³/mol. The Kier molecular flexibility index (Phi) is 5.60. The SMILES string of the molecule is CC(=O)N[C@H](CO)C(=O)NCc1cccc([N+](=O)[O-])c1. The first-order chi connectivity index (χ1) is 9.43. The Bertz CT molecular complexity index is 518. The van der Waals surface area contributed by atoms with Gasteiger partial charge in [-0.3, -0.25) is 19.7 Å². The molecule has 1 rings (SSSR count). The minimum Gasteiger partial charge on any atom is -0.394 e. The maximum atomic E-state index is 11.7. The smallest absolute Gasteiger partial charge is 0.269 e. The summed E-state index contributed by atoms with van der Waals surface area (Å²) >= 11 is 0. The maximum absolute atomic E-state index is 11.7. The zero-order valence-electron chi connectivity index (χ0n) is 10.8. The third kappa shape index (κ3) is 4.65. The molecule has 0 spiro atoms. The van der Waals surface area contributed by atoms with Crippen LogP contribution in [0.25, 0.3) is 0 Å². The van der Waals surface area contributed by atoms with Gasteiger partial charge < -0.3 is 15.7 Å². The van der Waals surface area contributed by atoms with E-state index in [0.29, 0.717) is 5.56 Å². The van der Waals surface area contributed by atoms with Crippen molar-refractivity contribution in [2.24, 2.45) is 0 Å². The number of hydrogen-bond acceptors (Lipinski definition) is 5. The van der Waals surface area contributed by atoms with E-state index in [0.717, 1.165) is 0 Å². The van der Waals surface area contributed by atoms with E-state index >= 15 is 0 Å². The van der Waals surface area contributed by atoms with Crippen molar-refractivity contribution in [3.63, 3.8) is 0 Å². The molecule has 2 amide bonds. The van der Waals surface area contributed by atoms with Gasteiger partial charge in [-0.25, -0.2) is 0 Å². The first-order valence-corrected chi connectivity index (χ1v) is 5.83. The van der Waals surface area contributed by atoms with Crippen LogP contribution in [0.1, 0.15) is 12.5 Å². The number of rotatable bonds is 6. The summed E-state index contributed by atoms with van der Waals surface area (Å²) in [7, 11) is 0. The highest BCUT2D eigenvalue weighted by atomic mass is 16.6. The molecule has 0 aliphatic carbocycles. The number of nitrogens with zero attached hydrogens (tertiary/aromatic N) is 1. The van der Waals surface area contributed by atoms with Crippen LogP contribution in [0, 0.1) is 10.1 Å². The largest absolute Gasteiger partial charge is 0.394 e. The molecule has 8 heteroatoms. The molecule has 0 unspecified atom stereocenters. The Hall–Kier alpha value is -2.48. The van der Waals surface area contributed by atoms with Gasteiger partial charge in [0, 0.05) is 25.6 Å². The van der Waals surface area contributed by atoms with Crippen LogP contribution in [0.2, 0.25) is 0 Å². The highest BCUT2D eigenvalue weighted by Gasteiger charge is 2.18. The third-order valence-corrected chi connectivity index (χ3v) is 2.46. The number of nitro benzene ring substituents is 1. The summed E-state index contributed by atoms with van der Waals surface area (Å²) in [6, 6.07) is 4.79. The van der Waals surface area contributed by atoms with Crippen LogP contribution in [0.4, 0.5) is 5.69 Å². The second-order valence-electron chi connectivity index (χ2n) is 4.08. The fourth-order valence-corrected chi connectivity index (χ4v) is 1.53. The number of aliphatic hydroxyl groups excluding tert-OH is 1. The standard InChI is InChI=1S/C12H15N3O5/c1-8(17)14-11(7-16)12(18)13-6-9-3-2-4-10(5-9)15(19)20/h2-5,11,16H,6-7H2,1H3,(H,13,18)(H,14,17)/t11-/m1/s1. The summed E-state index contributed by atoms with van der Waals surface area (Å²) < 4.78 is 0. The van der Waals surface area contributed by atoms with E-state index < -0.39 is 29.4 Å². The van der Waals surface area contributed by atoms with E-state index in [-0.39, 0.29) is 12.2 Å². The van der Waals surface area contributed by atoms with Crippen LogP contribution in [0.15, 0.2) is 24.3 Å². The summed E-state index contributed by atoms with van der Waals surface area (Å²) in [5.41, 5.74) is 0.476. The number of amides is 2. The highest BCUT2D eigenvalue weighted by Crippen LogP contribution is 2.12. The fourth-order valence-electron chi connectivity index (χ4n) is 1.53. The summed E-state index contributed by atoms with van der Waals surface area (Å²) in [5, 5.41) is 24.4. The Balaban J connectivity index is 2.62. The van der Waals surface area contributed by atoms with Crippen molar-refractivity contribution in [3.05, 3.63) is 39.9 Å². The molecule has 1 aromatic carbocycles. The third-order valence-electron chi connectivity index (χ3n) is 2.46. The molecule has 0 bridgehead atoms. The number of carbonyl (C=O) groups is 2. The number of hydrogen-bond donors (Lipinski definition) is 3. The molecule has 0 heterocycles.